The van der Waals surface area contributed by atoms with Crippen LogP contribution in [0.15, 0.2) is 24.3 Å². The van der Waals surface area contributed by atoms with Gasteiger partial charge in [-0.05, 0) is 49.4 Å². The zero-order chi connectivity index (χ0) is 15.1. The normalized spacial score (nSPS) is 17.9. The maximum absolute atomic E-state index is 12.4. The number of nitrogens with one attached hydrogen (secondary N) is 1. The van der Waals surface area contributed by atoms with Crippen LogP contribution in [0.25, 0.3) is 0 Å². The molecule has 0 saturated carbocycles. The summed E-state index contributed by atoms with van der Waals surface area (Å²) < 4.78 is 34.6. The van der Waals surface area contributed by atoms with Crippen LogP contribution in [0, 0.1) is 5.92 Å². The molecule has 5 heteroatoms. The summed E-state index contributed by atoms with van der Waals surface area (Å²) in [6.45, 7) is 1.77. The SMILES string of the molecule is CCCNC(c1cccc(OC(F)F)c1)C1CCOCC1. The van der Waals surface area contributed by atoms with Crippen LogP contribution in [0.2, 0.25) is 0 Å². The Morgan fingerprint density at radius 1 is 1.33 bits per heavy atom. The van der Waals surface area contributed by atoms with Crippen molar-refractivity contribution >= 4 is 0 Å². The van der Waals surface area contributed by atoms with Gasteiger partial charge < -0.3 is 14.8 Å². The topological polar surface area (TPSA) is 30.5 Å². The van der Waals surface area contributed by atoms with Gasteiger partial charge in [-0.2, -0.15) is 8.78 Å². The van der Waals surface area contributed by atoms with E-state index in [0.717, 1.165) is 44.6 Å². The molecule has 1 atom stereocenters. The van der Waals surface area contributed by atoms with Crippen LogP contribution in [0.4, 0.5) is 8.78 Å². The van der Waals surface area contributed by atoms with Gasteiger partial charge in [0.05, 0.1) is 0 Å². The van der Waals surface area contributed by atoms with Crippen molar-refractivity contribution in [2.45, 2.75) is 38.8 Å². The Balaban J connectivity index is 2.14. The molecular weight excluding hydrogens is 276 g/mol. The fourth-order valence-electron chi connectivity index (χ4n) is 2.79. The van der Waals surface area contributed by atoms with Crippen molar-refractivity contribution in [3.63, 3.8) is 0 Å². The van der Waals surface area contributed by atoms with Crippen LogP contribution in [0.5, 0.6) is 5.75 Å². The summed E-state index contributed by atoms with van der Waals surface area (Å²) in [5.41, 5.74) is 1.01. The minimum Gasteiger partial charge on any atom is -0.435 e. The first-order valence-corrected chi connectivity index (χ1v) is 7.56. The summed E-state index contributed by atoms with van der Waals surface area (Å²) in [4.78, 5) is 0. The monoisotopic (exact) mass is 299 g/mol. The third-order valence-electron chi connectivity index (χ3n) is 3.79. The maximum atomic E-state index is 12.4. The van der Waals surface area contributed by atoms with Crippen LogP contribution in [-0.4, -0.2) is 26.4 Å². The molecule has 1 saturated heterocycles. The summed E-state index contributed by atoms with van der Waals surface area (Å²) >= 11 is 0. The standard InChI is InChI=1S/C16H23F2NO2/c1-2-8-19-15(12-6-9-20-10-7-12)13-4-3-5-14(11-13)21-16(17)18/h3-5,11-12,15-16,19H,2,6-10H2,1H3. The van der Waals surface area contributed by atoms with Gasteiger partial charge in [-0.1, -0.05) is 19.1 Å². The summed E-state index contributed by atoms with van der Waals surface area (Å²) in [5.74, 6) is 0.685. The van der Waals surface area contributed by atoms with E-state index in [-0.39, 0.29) is 11.8 Å². The second kappa shape index (κ2) is 8.29. The quantitative estimate of drug-likeness (QED) is 0.831. The number of rotatable bonds is 7. The number of ether oxygens (including phenoxy) is 2. The van der Waals surface area contributed by atoms with Gasteiger partial charge in [0.2, 0.25) is 0 Å². The van der Waals surface area contributed by atoms with Gasteiger partial charge in [-0.15, -0.1) is 0 Å². The van der Waals surface area contributed by atoms with E-state index in [1.165, 1.54) is 0 Å². The van der Waals surface area contributed by atoms with E-state index in [0.29, 0.717) is 5.92 Å². The highest BCUT2D eigenvalue weighted by atomic mass is 19.3. The smallest absolute Gasteiger partial charge is 0.387 e. The molecule has 1 heterocycles. The van der Waals surface area contributed by atoms with Crippen molar-refractivity contribution < 1.29 is 18.3 Å². The predicted molar refractivity (Wildman–Crippen MR) is 77.7 cm³/mol. The Kier molecular flexibility index (Phi) is 6.39. The summed E-state index contributed by atoms with van der Waals surface area (Å²) in [5, 5.41) is 3.54. The van der Waals surface area contributed by atoms with Gasteiger partial charge in [0, 0.05) is 19.3 Å². The van der Waals surface area contributed by atoms with E-state index in [9.17, 15) is 8.78 Å². The Labute approximate surface area is 124 Å². The first kappa shape index (κ1) is 16.2. The minimum atomic E-state index is -2.79. The van der Waals surface area contributed by atoms with Crippen molar-refractivity contribution in [2.75, 3.05) is 19.8 Å². The molecule has 0 aromatic heterocycles. The molecule has 1 aromatic rings. The van der Waals surface area contributed by atoms with Crippen molar-refractivity contribution in [1.82, 2.24) is 5.32 Å². The molecule has 118 valence electrons. The van der Waals surface area contributed by atoms with Crippen molar-refractivity contribution in [3.05, 3.63) is 29.8 Å². The third-order valence-corrected chi connectivity index (χ3v) is 3.79. The first-order chi connectivity index (χ1) is 10.2. The van der Waals surface area contributed by atoms with E-state index in [4.69, 9.17) is 4.74 Å². The Morgan fingerprint density at radius 3 is 2.76 bits per heavy atom. The Hall–Kier alpha value is -1.20. The van der Waals surface area contributed by atoms with E-state index in [2.05, 4.69) is 17.0 Å². The molecule has 1 N–H and O–H groups in total. The lowest BCUT2D eigenvalue weighted by molar-refractivity contribution is -0.0499. The highest BCUT2D eigenvalue weighted by Gasteiger charge is 2.25. The lowest BCUT2D eigenvalue weighted by Gasteiger charge is -2.31. The fraction of sp³-hybridized carbons (Fsp3) is 0.625. The van der Waals surface area contributed by atoms with Crippen LogP contribution in [-0.2, 0) is 4.74 Å². The second-order valence-electron chi connectivity index (χ2n) is 5.33. The van der Waals surface area contributed by atoms with Gasteiger partial charge in [0.15, 0.2) is 0 Å². The van der Waals surface area contributed by atoms with Gasteiger partial charge in [0.1, 0.15) is 5.75 Å². The average molecular weight is 299 g/mol. The van der Waals surface area contributed by atoms with Gasteiger partial charge >= 0.3 is 6.61 Å². The van der Waals surface area contributed by atoms with Crippen LogP contribution < -0.4 is 10.1 Å². The predicted octanol–water partition coefficient (Wildman–Crippen LogP) is 3.76. The van der Waals surface area contributed by atoms with Gasteiger partial charge in [-0.3, -0.25) is 0 Å². The Morgan fingerprint density at radius 2 is 2.10 bits per heavy atom. The molecule has 0 spiro atoms. The van der Waals surface area contributed by atoms with Gasteiger partial charge in [-0.25, -0.2) is 0 Å². The first-order valence-electron chi connectivity index (χ1n) is 7.56. The molecule has 1 aromatic carbocycles. The molecule has 1 fully saturated rings. The lowest BCUT2D eigenvalue weighted by atomic mass is 9.87. The number of hydrogen-bond donors (Lipinski definition) is 1. The molecule has 1 aliphatic rings. The molecule has 21 heavy (non-hydrogen) atoms. The van der Waals surface area contributed by atoms with Crippen LogP contribution in [0.3, 0.4) is 0 Å². The molecule has 0 amide bonds. The van der Waals surface area contributed by atoms with E-state index >= 15 is 0 Å². The molecular formula is C16H23F2NO2. The fourth-order valence-corrected chi connectivity index (χ4v) is 2.79. The molecule has 3 nitrogen and oxygen atoms in total. The molecule has 1 unspecified atom stereocenters. The Bertz CT molecular complexity index is 422. The van der Waals surface area contributed by atoms with E-state index < -0.39 is 6.61 Å². The van der Waals surface area contributed by atoms with Gasteiger partial charge in [0.25, 0.3) is 0 Å². The van der Waals surface area contributed by atoms with E-state index in [1.54, 1.807) is 18.2 Å². The summed E-state index contributed by atoms with van der Waals surface area (Å²) in [6.07, 6.45) is 3.01. The van der Waals surface area contributed by atoms with Crippen molar-refractivity contribution in [2.24, 2.45) is 5.92 Å². The lowest BCUT2D eigenvalue weighted by Crippen LogP contribution is -2.32. The highest BCUT2D eigenvalue weighted by molar-refractivity contribution is 5.31. The van der Waals surface area contributed by atoms with Crippen LogP contribution in [0.1, 0.15) is 37.8 Å². The minimum absolute atomic E-state index is 0.162. The zero-order valence-corrected chi connectivity index (χ0v) is 12.4. The average Bonchev–Trinajstić information content (AvgIpc) is 2.48. The second-order valence-corrected chi connectivity index (χ2v) is 5.33. The highest BCUT2D eigenvalue weighted by Crippen LogP contribution is 2.32. The molecule has 0 aliphatic carbocycles. The molecule has 0 bridgehead atoms. The number of hydrogen-bond acceptors (Lipinski definition) is 3. The molecule has 2 rings (SSSR count). The third kappa shape index (κ3) is 4.93. The van der Waals surface area contributed by atoms with Crippen molar-refractivity contribution in [3.8, 4) is 5.75 Å². The van der Waals surface area contributed by atoms with Crippen LogP contribution >= 0.6 is 0 Å². The summed E-state index contributed by atoms with van der Waals surface area (Å²) in [6, 6.07) is 7.19. The molecule has 0 radical (unpaired) electrons. The number of benzene rings is 1. The number of halogens is 2. The zero-order valence-electron chi connectivity index (χ0n) is 12.4. The largest absolute Gasteiger partial charge is 0.435 e. The maximum Gasteiger partial charge on any atom is 0.387 e. The summed E-state index contributed by atoms with van der Waals surface area (Å²) in [7, 11) is 0. The molecule has 1 aliphatic heterocycles. The van der Waals surface area contributed by atoms with Crippen molar-refractivity contribution in [1.29, 1.82) is 0 Å². The number of alkyl halides is 2. The van der Waals surface area contributed by atoms with E-state index in [1.807, 2.05) is 6.07 Å².